The molecule has 154 valence electrons. The molecule has 0 aromatic heterocycles. The molecule has 5 nitrogen and oxygen atoms in total. The van der Waals surface area contributed by atoms with E-state index in [-0.39, 0.29) is 23.6 Å². The minimum absolute atomic E-state index is 0.0553. The fourth-order valence-corrected chi connectivity index (χ4v) is 2.70. The van der Waals surface area contributed by atoms with Gasteiger partial charge in [0, 0.05) is 23.4 Å². The molecule has 0 atom stereocenters. The van der Waals surface area contributed by atoms with Crippen LogP contribution >= 0.6 is 34.8 Å². The first-order valence-corrected chi connectivity index (χ1v) is 9.13. The van der Waals surface area contributed by atoms with Gasteiger partial charge in [0.1, 0.15) is 0 Å². The van der Waals surface area contributed by atoms with Crippen molar-refractivity contribution in [1.29, 1.82) is 0 Å². The highest BCUT2D eigenvalue weighted by Gasteiger charge is 2.31. The topological polar surface area (TPSA) is 70.6 Å². The van der Waals surface area contributed by atoms with E-state index < -0.39 is 23.6 Å². The highest BCUT2D eigenvalue weighted by atomic mass is 35.5. The maximum Gasteiger partial charge on any atom is 0.416 e. The number of halogens is 6. The molecule has 0 saturated heterocycles. The van der Waals surface area contributed by atoms with Gasteiger partial charge in [-0.3, -0.25) is 9.59 Å². The maximum absolute atomic E-state index is 12.7. The molecule has 2 aromatic rings. The molecule has 2 rings (SSSR count). The second-order valence-electron chi connectivity index (χ2n) is 5.70. The van der Waals surface area contributed by atoms with Crippen molar-refractivity contribution in [1.82, 2.24) is 5.43 Å². The SMILES string of the molecule is O=C(CCC(=O)Nc1cc(C(F)(F)F)ccc1Cl)N/N=C\c1ccc(Cl)cc1Cl. The third kappa shape index (κ3) is 7.23. The third-order valence-electron chi connectivity index (χ3n) is 3.50. The molecule has 0 spiro atoms. The Kier molecular flexibility index (Phi) is 7.89. The summed E-state index contributed by atoms with van der Waals surface area (Å²) < 4.78 is 38.2. The van der Waals surface area contributed by atoms with Crippen molar-refractivity contribution in [2.75, 3.05) is 5.32 Å². The largest absolute Gasteiger partial charge is 0.416 e. The summed E-state index contributed by atoms with van der Waals surface area (Å²) in [5, 5.41) is 6.70. The number of anilines is 1. The number of rotatable bonds is 6. The second kappa shape index (κ2) is 9.96. The summed E-state index contributed by atoms with van der Waals surface area (Å²) in [7, 11) is 0. The highest BCUT2D eigenvalue weighted by Crippen LogP contribution is 2.33. The fraction of sp³-hybridized carbons (Fsp3) is 0.167. The molecular formula is C18H13Cl3F3N3O2. The zero-order valence-corrected chi connectivity index (χ0v) is 16.8. The molecule has 0 heterocycles. The van der Waals surface area contributed by atoms with E-state index in [1.165, 1.54) is 12.3 Å². The van der Waals surface area contributed by atoms with Crippen molar-refractivity contribution in [3.05, 3.63) is 62.6 Å². The van der Waals surface area contributed by atoms with Gasteiger partial charge in [0.25, 0.3) is 0 Å². The lowest BCUT2D eigenvalue weighted by molar-refractivity contribution is -0.137. The Morgan fingerprint density at radius 1 is 0.966 bits per heavy atom. The number of hydrogen-bond donors (Lipinski definition) is 2. The maximum atomic E-state index is 12.7. The summed E-state index contributed by atoms with van der Waals surface area (Å²) >= 11 is 17.5. The summed E-state index contributed by atoms with van der Waals surface area (Å²) in [5.41, 5.74) is 1.59. The minimum Gasteiger partial charge on any atom is -0.325 e. The summed E-state index contributed by atoms with van der Waals surface area (Å²) in [6.45, 7) is 0. The van der Waals surface area contributed by atoms with Gasteiger partial charge in [0.05, 0.1) is 27.5 Å². The lowest BCUT2D eigenvalue weighted by Crippen LogP contribution is -2.21. The van der Waals surface area contributed by atoms with E-state index in [9.17, 15) is 22.8 Å². The number of benzene rings is 2. The van der Waals surface area contributed by atoms with E-state index in [2.05, 4.69) is 15.8 Å². The monoisotopic (exact) mass is 465 g/mol. The van der Waals surface area contributed by atoms with Crippen LogP contribution in [-0.2, 0) is 15.8 Å². The number of alkyl halides is 3. The van der Waals surface area contributed by atoms with Gasteiger partial charge >= 0.3 is 6.18 Å². The number of carbonyl (C=O) groups excluding carboxylic acids is 2. The van der Waals surface area contributed by atoms with Crippen LogP contribution in [0.1, 0.15) is 24.0 Å². The van der Waals surface area contributed by atoms with E-state index >= 15 is 0 Å². The summed E-state index contributed by atoms with van der Waals surface area (Å²) in [5.74, 6) is -1.25. The Balaban J connectivity index is 1.86. The Morgan fingerprint density at radius 2 is 1.66 bits per heavy atom. The van der Waals surface area contributed by atoms with Crippen LogP contribution in [0.15, 0.2) is 41.5 Å². The predicted molar refractivity (Wildman–Crippen MR) is 107 cm³/mol. The van der Waals surface area contributed by atoms with Gasteiger partial charge in [-0.05, 0) is 30.3 Å². The molecule has 11 heteroatoms. The average Bonchev–Trinajstić information content (AvgIpc) is 2.62. The van der Waals surface area contributed by atoms with Gasteiger partial charge in [-0.1, -0.05) is 40.9 Å². The van der Waals surface area contributed by atoms with Crippen LogP contribution in [0.25, 0.3) is 0 Å². The Bertz CT molecular complexity index is 950. The molecular weight excluding hydrogens is 454 g/mol. The molecule has 0 aliphatic heterocycles. The Hall–Kier alpha value is -2.29. The summed E-state index contributed by atoms with van der Waals surface area (Å²) in [4.78, 5) is 23.7. The van der Waals surface area contributed by atoms with E-state index in [1.54, 1.807) is 12.1 Å². The molecule has 0 fully saturated rings. The van der Waals surface area contributed by atoms with Crippen molar-refractivity contribution in [2.24, 2.45) is 5.10 Å². The van der Waals surface area contributed by atoms with Crippen LogP contribution in [0, 0.1) is 0 Å². The van der Waals surface area contributed by atoms with Crippen LogP contribution in [-0.4, -0.2) is 18.0 Å². The molecule has 0 aliphatic carbocycles. The third-order valence-corrected chi connectivity index (χ3v) is 4.39. The Labute approximate surface area is 178 Å². The van der Waals surface area contributed by atoms with Gasteiger partial charge in [0.2, 0.25) is 11.8 Å². The average molecular weight is 467 g/mol. The van der Waals surface area contributed by atoms with E-state index in [4.69, 9.17) is 34.8 Å². The lowest BCUT2D eigenvalue weighted by Gasteiger charge is -2.11. The molecule has 2 aromatic carbocycles. The van der Waals surface area contributed by atoms with Crippen LogP contribution in [0.5, 0.6) is 0 Å². The first kappa shape index (κ1) is 23.0. The van der Waals surface area contributed by atoms with E-state index in [0.29, 0.717) is 15.6 Å². The van der Waals surface area contributed by atoms with Gasteiger partial charge in [-0.2, -0.15) is 18.3 Å². The van der Waals surface area contributed by atoms with Crippen molar-refractivity contribution in [2.45, 2.75) is 19.0 Å². The van der Waals surface area contributed by atoms with Crippen molar-refractivity contribution < 1.29 is 22.8 Å². The minimum atomic E-state index is -4.57. The number of nitrogens with one attached hydrogen (secondary N) is 2. The zero-order chi connectivity index (χ0) is 21.6. The van der Waals surface area contributed by atoms with Gasteiger partial charge in [-0.15, -0.1) is 0 Å². The molecule has 0 unspecified atom stereocenters. The smallest absolute Gasteiger partial charge is 0.325 e. The fourth-order valence-electron chi connectivity index (χ4n) is 2.07. The quantitative estimate of drug-likeness (QED) is 0.434. The van der Waals surface area contributed by atoms with E-state index in [0.717, 1.165) is 18.2 Å². The normalized spacial score (nSPS) is 11.5. The first-order valence-electron chi connectivity index (χ1n) is 8.00. The predicted octanol–water partition coefficient (Wildman–Crippen LogP) is 5.53. The molecule has 0 saturated carbocycles. The molecule has 2 N–H and O–H groups in total. The van der Waals surface area contributed by atoms with Crippen LogP contribution < -0.4 is 10.7 Å². The Morgan fingerprint density at radius 3 is 2.31 bits per heavy atom. The first-order chi connectivity index (χ1) is 13.6. The molecule has 0 bridgehead atoms. The molecule has 0 aliphatic rings. The number of amides is 2. The van der Waals surface area contributed by atoms with Crippen molar-refractivity contribution in [3.8, 4) is 0 Å². The summed E-state index contributed by atoms with van der Waals surface area (Å²) in [6.07, 6.45) is -3.79. The number of nitrogens with zero attached hydrogens (tertiary/aromatic N) is 1. The standard InChI is InChI=1S/C18H13Cl3F3N3O2/c19-12-3-1-10(14(21)8-12)9-25-27-17(29)6-5-16(28)26-15-7-11(18(22,23)24)2-4-13(15)20/h1-4,7-9H,5-6H2,(H,26,28)(H,27,29)/b25-9-. The van der Waals surface area contributed by atoms with Crippen molar-refractivity contribution >= 4 is 58.5 Å². The summed E-state index contributed by atoms with van der Waals surface area (Å²) in [6, 6.07) is 7.27. The second-order valence-corrected chi connectivity index (χ2v) is 6.95. The number of carbonyl (C=O) groups is 2. The van der Waals surface area contributed by atoms with Crippen LogP contribution in [0.3, 0.4) is 0 Å². The lowest BCUT2D eigenvalue weighted by atomic mass is 10.2. The van der Waals surface area contributed by atoms with Gasteiger partial charge in [-0.25, -0.2) is 5.43 Å². The molecule has 0 radical (unpaired) electrons. The van der Waals surface area contributed by atoms with Crippen LogP contribution in [0.4, 0.5) is 18.9 Å². The van der Waals surface area contributed by atoms with Gasteiger partial charge < -0.3 is 5.32 Å². The van der Waals surface area contributed by atoms with Crippen LogP contribution in [0.2, 0.25) is 15.1 Å². The van der Waals surface area contributed by atoms with Crippen molar-refractivity contribution in [3.63, 3.8) is 0 Å². The zero-order valence-electron chi connectivity index (χ0n) is 14.5. The molecule has 29 heavy (non-hydrogen) atoms. The molecule has 2 amide bonds. The van der Waals surface area contributed by atoms with E-state index in [1.807, 2.05) is 0 Å². The highest BCUT2D eigenvalue weighted by molar-refractivity contribution is 6.36. The number of hydrogen-bond acceptors (Lipinski definition) is 3. The van der Waals surface area contributed by atoms with Gasteiger partial charge in [0.15, 0.2) is 0 Å². The number of hydrazone groups is 1.